The zero-order chi connectivity index (χ0) is 21.2. The number of guanidine groups is 1. The minimum atomic E-state index is 0.0575. The Hall–Kier alpha value is -2.08. The monoisotopic (exact) mass is 401 g/mol. The SMILES string of the molecule is CCNC(=NCC(C)c1cccc(C)c1)NCCCN1CCCC1C(=O)N(C)C. The molecule has 1 amide bonds. The molecule has 1 aliphatic rings. The molecule has 162 valence electrons. The first-order valence-corrected chi connectivity index (χ1v) is 11.0. The van der Waals surface area contributed by atoms with Gasteiger partial charge in [0.05, 0.1) is 6.04 Å². The Morgan fingerprint density at radius 3 is 2.83 bits per heavy atom. The number of carbonyl (C=O) groups is 1. The van der Waals surface area contributed by atoms with Crippen molar-refractivity contribution in [3.05, 3.63) is 35.4 Å². The lowest BCUT2D eigenvalue weighted by Crippen LogP contribution is -2.44. The summed E-state index contributed by atoms with van der Waals surface area (Å²) in [5.74, 6) is 1.48. The number of aliphatic imine (C=N–C) groups is 1. The molecule has 2 atom stereocenters. The van der Waals surface area contributed by atoms with Crippen molar-refractivity contribution in [1.29, 1.82) is 0 Å². The maximum Gasteiger partial charge on any atom is 0.239 e. The number of hydrogen-bond donors (Lipinski definition) is 2. The Morgan fingerprint density at radius 2 is 2.14 bits per heavy atom. The van der Waals surface area contributed by atoms with Crippen LogP contribution in [0.1, 0.15) is 50.2 Å². The lowest BCUT2D eigenvalue weighted by Gasteiger charge is -2.26. The number of benzene rings is 1. The van der Waals surface area contributed by atoms with Gasteiger partial charge in [-0.1, -0.05) is 36.8 Å². The van der Waals surface area contributed by atoms with Crippen molar-refractivity contribution < 1.29 is 4.79 Å². The molecule has 2 N–H and O–H groups in total. The van der Waals surface area contributed by atoms with Crippen molar-refractivity contribution in [3.63, 3.8) is 0 Å². The third kappa shape index (κ3) is 7.35. The maximum absolute atomic E-state index is 12.3. The summed E-state index contributed by atoms with van der Waals surface area (Å²) in [4.78, 5) is 21.1. The molecule has 2 rings (SSSR count). The predicted molar refractivity (Wildman–Crippen MR) is 121 cm³/mol. The van der Waals surface area contributed by atoms with Crippen molar-refractivity contribution >= 4 is 11.9 Å². The highest BCUT2D eigenvalue weighted by Gasteiger charge is 2.30. The number of rotatable bonds is 9. The minimum absolute atomic E-state index is 0.0575. The second kappa shape index (κ2) is 11.8. The summed E-state index contributed by atoms with van der Waals surface area (Å²) >= 11 is 0. The minimum Gasteiger partial charge on any atom is -0.357 e. The van der Waals surface area contributed by atoms with E-state index < -0.39 is 0 Å². The summed E-state index contributed by atoms with van der Waals surface area (Å²) in [6.45, 7) is 10.8. The van der Waals surface area contributed by atoms with E-state index in [4.69, 9.17) is 4.99 Å². The van der Waals surface area contributed by atoms with Gasteiger partial charge in [0, 0.05) is 46.2 Å². The van der Waals surface area contributed by atoms with E-state index in [9.17, 15) is 4.79 Å². The largest absolute Gasteiger partial charge is 0.357 e. The standard InChI is InChI=1S/C23H39N5O/c1-6-24-23(26-17-19(3)20-11-7-10-18(2)16-20)25-13-9-15-28-14-8-12-21(28)22(29)27(4)5/h7,10-11,16,19,21H,6,8-9,12-15,17H2,1-5H3,(H2,24,25,26). The van der Waals surface area contributed by atoms with Crippen molar-refractivity contribution in [3.8, 4) is 0 Å². The Bertz CT molecular complexity index is 673. The van der Waals surface area contributed by atoms with E-state index in [1.807, 2.05) is 14.1 Å². The molecule has 0 spiro atoms. The highest BCUT2D eigenvalue weighted by atomic mass is 16.2. The molecule has 6 nitrogen and oxygen atoms in total. The van der Waals surface area contributed by atoms with E-state index >= 15 is 0 Å². The molecule has 0 saturated carbocycles. The predicted octanol–water partition coefficient (Wildman–Crippen LogP) is 2.60. The molecule has 1 aliphatic heterocycles. The van der Waals surface area contributed by atoms with Crippen LogP contribution in [0, 0.1) is 6.92 Å². The van der Waals surface area contributed by atoms with Crippen molar-refractivity contribution in [2.45, 2.75) is 52.0 Å². The number of hydrogen-bond acceptors (Lipinski definition) is 3. The van der Waals surface area contributed by atoms with Crippen LogP contribution in [0.4, 0.5) is 0 Å². The van der Waals surface area contributed by atoms with Gasteiger partial charge < -0.3 is 15.5 Å². The maximum atomic E-state index is 12.3. The van der Waals surface area contributed by atoms with E-state index in [2.05, 4.69) is 60.6 Å². The van der Waals surface area contributed by atoms with Gasteiger partial charge in [0.25, 0.3) is 0 Å². The Morgan fingerprint density at radius 1 is 1.34 bits per heavy atom. The number of likely N-dealkylation sites (tertiary alicyclic amines) is 1. The highest BCUT2D eigenvalue weighted by Crippen LogP contribution is 2.19. The topological polar surface area (TPSA) is 60.0 Å². The molecule has 0 aliphatic carbocycles. The van der Waals surface area contributed by atoms with Gasteiger partial charge in [-0.15, -0.1) is 0 Å². The van der Waals surface area contributed by atoms with Crippen LogP contribution in [0.25, 0.3) is 0 Å². The first-order valence-electron chi connectivity index (χ1n) is 11.0. The van der Waals surface area contributed by atoms with Crippen LogP contribution >= 0.6 is 0 Å². The van der Waals surface area contributed by atoms with Gasteiger partial charge >= 0.3 is 0 Å². The summed E-state index contributed by atoms with van der Waals surface area (Å²) in [6.07, 6.45) is 3.08. The summed E-state index contributed by atoms with van der Waals surface area (Å²) < 4.78 is 0. The lowest BCUT2D eigenvalue weighted by atomic mass is 10.00. The Labute approximate surface area is 176 Å². The van der Waals surface area contributed by atoms with E-state index in [-0.39, 0.29) is 11.9 Å². The Balaban J connectivity index is 1.80. The first-order chi connectivity index (χ1) is 13.9. The van der Waals surface area contributed by atoms with E-state index in [1.165, 1.54) is 11.1 Å². The summed E-state index contributed by atoms with van der Waals surface area (Å²) in [5, 5.41) is 6.78. The Kier molecular flexibility index (Phi) is 9.45. The second-order valence-electron chi connectivity index (χ2n) is 8.24. The lowest BCUT2D eigenvalue weighted by molar-refractivity contribution is -0.133. The number of likely N-dealkylation sites (N-methyl/N-ethyl adjacent to an activating group) is 1. The second-order valence-corrected chi connectivity index (χ2v) is 8.24. The van der Waals surface area contributed by atoms with Gasteiger partial charge in [0.1, 0.15) is 0 Å². The fourth-order valence-corrected chi connectivity index (χ4v) is 3.81. The number of nitrogens with zero attached hydrogens (tertiary/aromatic N) is 3. The van der Waals surface area contributed by atoms with E-state index in [0.717, 1.165) is 57.9 Å². The zero-order valence-corrected chi connectivity index (χ0v) is 18.9. The first kappa shape index (κ1) is 23.2. The molecule has 0 aromatic heterocycles. The fourth-order valence-electron chi connectivity index (χ4n) is 3.81. The van der Waals surface area contributed by atoms with Crippen molar-refractivity contribution in [2.24, 2.45) is 4.99 Å². The molecule has 2 unspecified atom stereocenters. The molecule has 1 heterocycles. The van der Waals surface area contributed by atoms with Gasteiger partial charge in [-0.2, -0.15) is 0 Å². The normalized spacial score (nSPS) is 18.5. The summed E-state index contributed by atoms with van der Waals surface area (Å²) in [6, 6.07) is 8.71. The van der Waals surface area contributed by atoms with Gasteiger partial charge in [-0.25, -0.2) is 0 Å². The van der Waals surface area contributed by atoms with Crippen LogP contribution in [-0.2, 0) is 4.79 Å². The van der Waals surface area contributed by atoms with Gasteiger partial charge in [0.15, 0.2) is 5.96 Å². The van der Waals surface area contributed by atoms with Crippen LogP contribution in [0.15, 0.2) is 29.3 Å². The molecule has 1 aromatic carbocycles. The molecule has 29 heavy (non-hydrogen) atoms. The quantitative estimate of drug-likeness (QED) is 0.379. The number of amides is 1. The molecule has 0 bridgehead atoms. The van der Waals surface area contributed by atoms with Gasteiger partial charge in [-0.3, -0.25) is 14.7 Å². The third-order valence-electron chi connectivity index (χ3n) is 5.48. The molecular formula is C23H39N5O. The molecule has 0 radical (unpaired) electrons. The fraction of sp³-hybridized carbons (Fsp3) is 0.652. The number of nitrogens with one attached hydrogen (secondary N) is 2. The number of aryl methyl sites for hydroxylation is 1. The zero-order valence-electron chi connectivity index (χ0n) is 18.9. The molecule has 1 fully saturated rings. The van der Waals surface area contributed by atoms with Crippen molar-refractivity contribution in [2.75, 3.05) is 46.8 Å². The molecule has 6 heteroatoms. The summed E-state index contributed by atoms with van der Waals surface area (Å²) in [7, 11) is 3.69. The van der Waals surface area contributed by atoms with Crippen molar-refractivity contribution in [1.82, 2.24) is 20.4 Å². The molecular weight excluding hydrogens is 362 g/mol. The van der Waals surface area contributed by atoms with E-state index in [0.29, 0.717) is 5.92 Å². The molecule has 1 saturated heterocycles. The third-order valence-corrected chi connectivity index (χ3v) is 5.48. The van der Waals surface area contributed by atoms with Crippen LogP contribution in [0.3, 0.4) is 0 Å². The summed E-state index contributed by atoms with van der Waals surface area (Å²) in [5.41, 5.74) is 2.62. The van der Waals surface area contributed by atoms with E-state index in [1.54, 1.807) is 4.90 Å². The highest BCUT2D eigenvalue weighted by molar-refractivity contribution is 5.81. The van der Waals surface area contributed by atoms with Crippen LogP contribution in [0.2, 0.25) is 0 Å². The average molecular weight is 402 g/mol. The van der Waals surface area contributed by atoms with Crippen LogP contribution in [-0.4, -0.2) is 74.5 Å². The van der Waals surface area contributed by atoms with Gasteiger partial charge in [-0.05, 0) is 45.2 Å². The average Bonchev–Trinajstić information content (AvgIpc) is 3.16. The molecule has 1 aromatic rings. The number of carbonyl (C=O) groups excluding carboxylic acids is 1. The van der Waals surface area contributed by atoms with Gasteiger partial charge in [0.2, 0.25) is 5.91 Å². The smallest absolute Gasteiger partial charge is 0.239 e. The van der Waals surface area contributed by atoms with Crippen LogP contribution in [0.5, 0.6) is 0 Å². The van der Waals surface area contributed by atoms with Crippen LogP contribution < -0.4 is 10.6 Å².